The van der Waals surface area contributed by atoms with Gasteiger partial charge < -0.3 is 13.9 Å². The van der Waals surface area contributed by atoms with Crippen molar-refractivity contribution in [1.82, 2.24) is 0 Å². The number of rotatable bonds is 11. The Morgan fingerprint density at radius 1 is 0.870 bits per heavy atom. The summed E-state index contributed by atoms with van der Waals surface area (Å²) >= 11 is 0. The van der Waals surface area contributed by atoms with Crippen LogP contribution in [0.3, 0.4) is 0 Å². The zero-order chi connectivity index (χ0) is 18.2. The van der Waals surface area contributed by atoms with Gasteiger partial charge in [0.1, 0.15) is 0 Å². The van der Waals surface area contributed by atoms with E-state index < -0.39 is 8.32 Å². The molecular weight excluding hydrogens is 304 g/mol. The van der Waals surface area contributed by atoms with E-state index in [-0.39, 0.29) is 12.4 Å². The van der Waals surface area contributed by atoms with E-state index in [0.717, 1.165) is 12.8 Å². The summed E-state index contributed by atoms with van der Waals surface area (Å²) in [5.41, 5.74) is 3.03. The third-order valence-electron chi connectivity index (χ3n) is 4.98. The van der Waals surface area contributed by atoms with Gasteiger partial charge in [-0.05, 0) is 36.9 Å². The van der Waals surface area contributed by atoms with Gasteiger partial charge in [-0.2, -0.15) is 0 Å². The molecule has 0 amide bonds. The summed E-state index contributed by atoms with van der Waals surface area (Å²) in [6, 6.07) is 0. The molecule has 0 aromatic carbocycles. The molecule has 0 aliphatic carbocycles. The first-order valence-electron chi connectivity index (χ1n) is 9.00. The largest absolute Gasteiger partial charge is 0.391 e. The molecule has 2 atom stereocenters. The molecule has 0 saturated carbocycles. The first-order valence-corrected chi connectivity index (χ1v) is 11.1. The van der Waals surface area contributed by atoms with Crippen molar-refractivity contribution in [3.8, 4) is 0 Å². The summed E-state index contributed by atoms with van der Waals surface area (Å²) in [6.45, 7) is 18.1. The Hall–Kier alpha value is -0.163. The minimum atomic E-state index is -1.90. The smallest absolute Gasteiger partial charge is 0.203 e. The molecule has 0 radical (unpaired) electrons. The molecule has 0 rings (SSSR count). The Morgan fingerprint density at radius 2 is 1.35 bits per heavy atom. The van der Waals surface area contributed by atoms with E-state index in [2.05, 4.69) is 61.5 Å². The standard InChI is InChI=1S/C19H40O3Si/c1-14(2)23(15(3)4,16(5)6)22-19(21-10)12-11-17(7)13-18(8)20-9/h11,14-16,18-19H,12-13H2,1-10H3/b17-11+. The molecule has 0 aromatic rings. The van der Waals surface area contributed by atoms with Gasteiger partial charge in [-0.15, -0.1) is 0 Å². The highest BCUT2D eigenvalue weighted by atomic mass is 28.4. The zero-order valence-electron chi connectivity index (χ0n) is 17.1. The highest BCUT2D eigenvalue weighted by molar-refractivity contribution is 6.77. The van der Waals surface area contributed by atoms with Crippen LogP contribution >= 0.6 is 0 Å². The van der Waals surface area contributed by atoms with Gasteiger partial charge in [-0.1, -0.05) is 53.2 Å². The summed E-state index contributed by atoms with van der Waals surface area (Å²) in [4.78, 5) is 0. The molecule has 3 nitrogen and oxygen atoms in total. The second kappa shape index (κ2) is 10.6. The molecule has 0 bridgehead atoms. The van der Waals surface area contributed by atoms with Crippen LogP contribution in [0, 0.1) is 0 Å². The summed E-state index contributed by atoms with van der Waals surface area (Å²) in [5.74, 6) is 0. The Balaban J connectivity index is 5.05. The fourth-order valence-electron chi connectivity index (χ4n) is 3.75. The molecule has 0 aromatic heterocycles. The molecule has 0 heterocycles. The number of hydrogen-bond acceptors (Lipinski definition) is 3. The van der Waals surface area contributed by atoms with Gasteiger partial charge in [0.2, 0.25) is 8.32 Å². The maximum absolute atomic E-state index is 6.69. The van der Waals surface area contributed by atoms with Gasteiger partial charge in [-0.3, -0.25) is 0 Å². The van der Waals surface area contributed by atoms with E-state index in [4.69, 9.17) is 13.9 Å². The van der Waals surface area contributed by atoms with Crippen molar-refractivity contribution in [3.05, 3.63) is 11.6 Å². The van der Waals surface area contributed by atoms with E-state index >= 15 is 0 Å². The van der Waals surface area contributed by atoms with Crippen molar-refractivity contribution >= 4 is 8.32 Å². The summed E-state index contributed by atoms with van der Waals surface area (Å²) in [5, 5.41) is 0. The van der Waals surface area contributed by atoms with Crippen molar-refractivity contribution in [2.24, 2.45) is 0 Å². The third kappa shape index (κ3) is 6.69. The third-order valence-corrected chi connectivity index (χ3v) is 11.1. The molecule has 4 heteroatoms. The SMILES string of the molecule is COC(C)C/C(C)=C/CC(OC)O[Si](C(C)C)(C(C)C)C(C)C. The zero-order valence-corrected chi connectivity index (χ0v) is 18.1. The lowest BCUT2D eigenvalue weighted by Crippen LogP contribution is -2.50. The Morgan fingerprint density at radius 3 is 1.70 bits per heavy atom. The molecule has 0 aliphatic heterocycles. The minimum absolute atomic E-state index is 0.151. The van der Waals surface area contributed by atoms with Crippen LogP contribution in [0.1, 0.15) is 68.2 Å². The predicted octanol–water partition coefficient (Wildman–Crippen LogP) is 5.91. The lowest BCUT2D eigenvalue weighted by molar-refractivity contribution is -0.0620. The average Bonchev–Trinajstić information content (AvgIpc) is 2.46. The second-order valence-electron chi connectivity index (χ2n) is 7.64. The van der Waals surface area contributed by atoms with Crippen LogP contribution in [-0.4, -0.2) is 34.9 Å². The lowest BCUT2D eigenvalue weighted by Gasteiger charge is -2.44. The molecule has 0 saturated heterocycles. The molecule has 0 aliphatic rings. The maximum atomic E-state index is 6.69. The van der Waals surface area contributed by atoms with E-state index in [1.165, 1.54) is 5.57 Å². The quantitative estimate of drug-likeness (QED) is 0.265. The molecule has 138 valence electrons. The Labute approximate surface area is 145 Å². The maximum Gasteiger partial charge on any atom is 0.203 e. The van der Waals surface area contributed by atoms with Crippen LogP contribution in [-0.2, 0) is 13.9 Å². The van der Waals surface area contributed by atoms with Crippen molar-refractivity contribution in [3.63, 3.8) is 0 Å². The van der Waals surface area contributed by atoms with E-state index in [9.17, 15) is 0 Å². The highest BCUT2D eigenvalue weighted by Crippen LogP contribution is 2.43. The fourth-order valence-corrected chi connectivity index (χ4v) is 9.21. The number of ether oxygens (including phenoxy) is 2. The number of methoxy groups -OCH3 is 2. The van der Waals surface area contributed by atoms with Gasteiger partial charge in [0, 0.05) is 20.6 Å². The first-order chi connectivity index (χ1) is 10.6. The van der Waals surface area contributed by atoms with Gasteiger partial charge in [0.05, 0.1) is 6.10 Å². The number of hydrogen-bond donors (Lipinski definition) is 0. The van der Waals surface area contributed by atoms with Crippen LogP contribution in [0.4, 0.5) is 0 Å². The first kappa shape index (κ1) is 22.8. The molecule has 23 heavy (non-hydrogen) atoms. The van der Waals surface area contributed by atoms with Crippen LogP contribution < -0.4 is 0 Å². The minimum Gasteiger partial charge on any atom is -0.391 e. The van der Waals surface area contributed by atoms with Crippen molar-refractivity contribution < 1.29 is 13.9 Å². The highest BCUT2D eigenvalue weighted by Gasteiger charge is 2.46. The van der Waals surface area contributed by atoms with Crippen molar-refractivity contribution in [1.29, 1.82) is 0 Å². The van der Waals surface area contributed by atoms with Gasteiger partial charge >= 0.3 is 0 Å². The topological polar surface area (TPSA) is 27.7 Å². The molecule has 0 N–H and O–H groups in total. The predicted molar refractivity (Wildman–Crippen MR) is 102 cm³/mol. The van der Waals surface area contributed by atoms with Crippen molar-refractivity contribution in [2.75, 3.05) is 14.2 Å². The van der Waals surface area contributed by atoms with Crippen molar-refractivity contribution in [2.45, 2.75) is 97.2 Å². The normalized spacial score (nSPS) is 16.5. The summed E-state index contributed by atoms with van der Waals surface area (Å²) < 4.78 is 17.7. The Bertz CT molecular complexity index is 329. The molecule has 2 unspecified atom stereocenters. The fraction of sp³-hybridized carbons (Fsp3) is 0.895. The molecule has 0 fully saturated rings. The van der Waals surface area contributed by atoms with Crippen LogP contribution in [0.15, 0.2) is 11.6 Å². The van der Waals surface area contributed by atoms with Gasteiger partial charge in [-0.25, -0.2) is 0 Å². The second-order valence-corrected chi connectivity index (χ2v) is 13.0. The lowest BCUT2D eigenvalue weighted by atomic mass is 10.1. The molecular formula is C19H40O3Si. The average molecular weight is 345 g/mol. The van der Waals surface area contributed by atoms with Gasteiger partial charge in [0.25, 0.3) is 0 Å². The monoisotopic (exact) mass is 344 g/mol. The van der Waals surface area contributed by atoms with E-state index in [1.807, 2.05) is 0 Å². The van der Waals surface area contributed by atoms with E-state index in [1.54, 1.807) is 14.2 Å². The van der Waals surface area contributed by atoms with Gasteiger partial charge in [0.15, 0.2) is 6.29 Å². The van der Waals surface area contributed by atoms with Crippen LogP contribution in [0.25, 0.3) is 0 Å². The summed E-state index contributed by atoms with van der Waals surface area (Å²) in [7, 11) is 1.61. The summed E-state index contributed by atoms with van der Waals surface area (Å²) in [6.07, 6.45) is 4.10. The van der Waals surface area contributed by atoms with Crippen LogP contribution in [0.2, 0.25) is 16.6 Å². The Kier molecular flexibility index (Phi) is 10.6. The van der Waals surface area contributed by atoms with E-state index in [0.29, 0.717) is 16.6 Å². The van der Waals surface area contributed by atoms with Crippen LogP contribution in [0.5, 0.6) is 0 Å². The molecule has 0 spiro atoms.